The van der Waals surface area contributed by atoms with Crippen LogP contribution in [0.2, 0.25) is 0 Å². The van der Waals surface area contributed by atoms with Crippen molar-refractivity contribution in [1.82, 2.24) is 0 Å². The van der Waals surface area contributed by atoms with Crippen molar-refractivity contribution < 1.29 is 17.3 Å². The standard InChI is InChI=1S/C16H18S.BF4/c1-11-10-16(14(4)13(3)12(11)2)17-15-8-6-5-7-9-15;2-1(3,4)5/h5-10H,1-4H3;/q;-1/p+1. The number of rotatable bonds is 2. The van der Waals surface area contributed by atoms with Crippen molar-refractivity contribution in [3.05, 3.63) is 58.7 Å². The molecular weight excluding hydrogens is 311 g/mol. The van der Waals surface area contributed by atoms with Crippen LogP contribution in [0.15, 0.2) is 46.2 Å². The van der Waals surface area contributed by atoms with Gasteiger partial charge in [0.05, 0.1) is 0 Å². The van der Waals surface area contributed by atoms with Gasteiger partial charge in [-0.3, -0.25) is 0 Å². The van der Waals surface area contributed by atoms with Crippen LogP contribution in [0, 0.1) is 27.7 Å². The highest BCUT2D eigenvalue weighted by Crippen LogP contribution is 2.24. The molecule has 0 heterocycles. The molecule has 0 nitrogen and oxygen atoms in total. The van der Waals surface area contributed by atoms with Gasteiger partial charge in [0.15, 0.2) is 9.79 Å². The Balaban J connectivity index is 0.000000422. The maximum atomic E-state index is 9.75. The van der Waals surface area contributed by atoms with Gasteiger partial charge in [0, 0.05) is 17.3 Å². The van der Waals surface area contributed by atoms with Crippen molar-refractivity contribution in [3.8, 4) is 0 Å². The molecule has 22 heavy (non-hydrogen) atoms. The fourth-order valence-corrected chi connectivity index (χ4v) is 3.14. The molecule has 0 saturated heterocycles. The van der Waals surface area contributed by atoms with Crippen LogP contribution in [-0.4, -0.2) is 7.25 Å². The van der Waals surface area contributed by atoms with Gasteiger partial charge < -0.3 is 17.3 Å². The Morgan fingerprint density at radius 3 is 1.77 bits per heavy atom. The fourth-order valence-electron chi connectivity index (χ4n) is 1.95. The molecule has 2 rings (SSSR count). The normalized spacial score (nSPS) is 10.9. The minimum atomic E-state index is -6.00. The zero-order valence-electron chi connectivity index (χ0n) is 13.0. The van der Waals surface area contributed by atoms with E-state index in [4.69, 9.17) is 0 Å². The number of aryl methyl sites for hydroxylation is 1. The molecule has 0 N–H and O–H groups in total. The number of hydrogen-bond donors (Lipinski definition) is 0. The zero-order valence-corrected chi connectivity index (χ0v) is 13.9. The van der Waals surface area contributed by atoms with E-state index in [-0.39, 0.29) is 0 Å². The van der Waals surface area contributed by atoms with E-state index in [1.54, 1.807) is 0 Å². The summed E-state index contributed by atoms with van der Waals surface area (Å²) in [6.07, 6.45) is 0. The van der Waals surface area contributed by atoms with Crippen molar-refractivity contribution in [3.63, 3.8) is 0 Å². The third kappa shape index (κ3) is 6.14. The Labute approximate surface area is 133 Å². The fraction of sp³-hybridized carbons (Fsp3) is 0.250. The third-order valence-corrected chi connectivity index (χ3v) is 4.72. The summed E-state index contributed by atoms with van der Waals surface area (Å²) < 4.78 is 39.0. The SMILES string of the molecule is Cc1cc([SH+]c2ccccc2)c(C)c(C)c1C.F[B-](F)(F)F. The molecule has 2 aromatic carbocycles. The monoisotopic (exact) mass is 330 g/mol. The Morgan fingerprint density at radius 2 is 1.27 bits per heavy atom. The summed E-state index contributed by atoms with van der Waals surface area (Å²) in [7, 11) is -6.00. The molecule has 6 heteroatoms. The first-order valence-electron chi connectivity index (χ1n) is 6.81. The van der Waals surface area contributed by atoms with Crippen molar-refractivity contribution in [2.75, 3.05) is 0 Å². The Kier molecular flexibility index (Phi) is 6.54. The Hall–Kier alpha value is -1.43. The van der Waals surface area contributed by atoms with E-state index in [1.807, 2.05) is 0 Å². The molecule has 2 aromatic rings. The molecule has 0 aromatic heterocycles. The highest BCUT2D eigenvalue weighted by atomic mass is 32.2. The minimum Gasteiger partial charge on any atom is -0.418 e. The highest BCUT2D eigenvalue weighted by molar-refractivity contribution is 7.78. The van der Waals surface area contributed by atoms with Gasteiger partial charge in [0.2, 0.25) is 0 Å². The lowest BCUT2D eigenvalue weighted by Crippen LogP contribution is -2.02. The molecule has 0 radical (unpaired) electrons. The van der Waals surface area contributed by atoms with E-state index in [2.05, 4.69) is 64.1 Å². The van der Waals surface area contributed by atoms with Gasteiger partial charge in [0.25, 0.3) is 0 Å². The molecule has 0 atom stereocenters. The lowest BCUT2D eigenvalue weighted by atomic mass is 10.00. The van der Waals surface area contributed by atoms with Gasteiger partial charge in [-0.2, -0.15) is 0 Å². The van der Waals surface area contributed by atoms with Gasteiger partial charge in [-0.15, -0.1) is 0 Å². The quantitative estimate of drug-likeness (QED) is 0.297. The second kappa shape index (κ2) is 7.72. The predicted octanol–water partition coefficient (Wildman–Crippen LogP) is 5.45. The van der Waals surface area contributed by atoms with E-state index in [9.17, 15) is 17.3 Å². The third-order valence-electron chi connectivity index (χ3n) is 3.46. The molecule has 0 amide bonds. The van der Waals surface area contributed by atoms with Crippen LogP contribution in [0.1, 0.15) is 22.3 Å². The first kappa shape index (κ1) is 18.6. The number of benzene rings is 2. The van der Waals surface area contributed by atoms with E-state index in [0.29, 0.717) is 0 Å². The Morgan fingerprint density at radius 1 is 0.773 bits per heavy atom. The predicted molar refractivity (Wildman–Crippen MR) is 87.3 cm³/mol. The first-order valence-corrected chi connectivity index (χ1v) is 7.70. The maximum Gasteiger partial charge on any atom is 0.673 e. The summed E-state index contributed by atoms with van der Waals surface area (Å²) in [5, 5.41) is 0. The van der Waals surface area contributed by atoms with E-state index < -0.39 is 7.25 Å². The van der Waals surface area contributed by atoms with Crippen LogP contribution in [0.5, 0.6) is 0 Å². The molecule has 0 unspecified atom stereocenters. The van der Waals surface area contributed by atoms with E-state index in [0.717, 1.165) is 0 Å². The van der Waals surface area contributed by atoms with Gasteiger partial charge >= 0.3 is 7.25 Å². The van der Waals surface area contributed by atoms with Crippen LogP contribution < -0.4 is 0 Å². The van der Waals surface area contributed by atoms with Crippen LogP contribution in [0.3, 0.4) is 0 Å². The average molecular weight is 330 g/mol. The molecular formula is C16H19BF4S. The second-order valence-electron chi connectivity index (χ2n) is 5.03. The molecule has 0 fully saturated rings. The van der Waals surface area contributed by atoms with Crippen LogP contribution in [0.25, 0.3) is 0 Å². The summed E-state index contributed by atoms with van der Waals surface area (Å²) in [5.74, 6) is 0. The summed E-state index contributed by atoms with van der Waals surface area (Å²) >= 11 is 1.31. The highest BCUT2D eigenvalue weighted by Gasteiger charge is 2.20. The summed E-state index contributed by atoms with van der Waals surface area (Å²) in [5.41, 5.74) is 5.68. The molecule has 0 aliphatic carbocycles. The average Bonchev–Trinajstić information content (AvgIpc) is 2.42. The minimum absolute atomic E-state index is 1.31. The topological polar surface area (TPSA) is 0 Å². The van der Waals surface area contributed by atoms with Crippen molar-refractivity contribution in [2.45, 2.75) is 37.5 Å². The Bertz CT molecular complexity index is 618. The molecule has 0 saturated carbocycles. The van der Waals surface area contributed by atoms with Crippen molar-refractivity contribution in [2.24, 2.45) is 0 Å². The summed E-state index contributed by atoms with van der Waals surface area (Å²) in [6, 6.07) is 13.0. The van der Waals surface area contributed by atoms with Crippen molar-refractivity contribution in [1.29, 1.82) is 0 Å². The van der Waals surface area contributed by atoms with Gasteiger partial charge in [-0.05, 0) is 62.6 Å². The van der Waals surface area contributed by atoms with Crippen molar-refractivity contribution >= 4 is 19.0 Å². The van der Waals surface area contributed by atoms with Gasteiger partial charge in [-0.1, -0.05) is 18.2 Å². The van der Waals surface area contributed by atoms with Gasteiger partial charge in [0.1, 0.15) is 0 Å². The van der Waals surface area contributed by atoms with Crippen LogP contribution in [0.4, 0.5) is 17.3 Å². The smallest absolute Gasteiger partial charge is 0.418 e. The molecule has 120 valence electrons. The molecule has 0 bridgehead atoms. The molecule has 0 spiro atoms. The lowest BCUT2D eigenvalue weighted by Gasteiger charge is -2.09. The second-order valence-corrected chi connectivity index (χ2v) is 6.25. The van der Waals surface area contributed by atoms with Gasteiger partial charge in [-0.25, -0.2) is 0 Å². The zero-order chi connectivity index (χ0) is 16.9. The number of halogens is 4. The van der Waals surface area contributed by atoms with Crippen LogP contribution in [-0.2, 0) is 11.8 Å². The van der Waals surface area contributed by atoms with Crippen LogP contribution >= 0.6 is 0 Å². The van der Waals surface area contributed by atoms with E-state index in [1.165, 1.54) is 43.8 Å². The number of hydrogen-bond acceptors (Lipinski definition) is 0. The largest absolute Gasteiger partial charge is 0.673 e. The van der Waals surface area contributed by atoms with E-state index >= 15 is 0 Å². The summed E-state index contributed by atoms with van der Waals surface area (Å²) in [6.45, 7) is 8.86. The maximum absolute atomic E-state index is 9.75. The number of thiol groups is 1. The molecule has 0 aliphatic rings. The first-order chi connectivity index (χ1) is 10.1. The summed E-state index contributed by atoms with van der Waals surface area (Å²) in [4.78, 5) is 2.79. The molecule has 0 aliphatic heterocycles. The lowest BCUT2D eigenvalue weighted by molar-refractivity contribution is 0.368.